The van der Waals surface area contributed by atoms with Crippen molar-refractivity contribution in [3.8, 4) is 11.5 Å². The molecule has 0 saturated heterocycles. The van der Waals surface area contributed by atoms with Crippen LogP contribution in [0.4, 0.5) is 0 Å². The van der Waals surface area contributed by atoms with Gasteiger partial charge in [0.25, 0.3) is 0 Å². The van der Waals surface area contributed by atoms with Crippen molar-refractivity contribution in [1.82, 2.24) is 5.48 Å². The highest BCUT2D eigenvalue weighted by Crippen LogP contribution is 2.40. The van der Waals surface area contributed by atoms with Crippen molar-refractivity contribution < 1.29 is 14.3 Å². The lowest BCUT2D eigenvalue weighted by Gasteiger charge is -2.19. The summed E-state index contributed by atoms with van der Waals surface area (Å²) >= 11 is 3.52. The molecule has 4 nitrogen and oxygen atoms in total. The zero-order valence-corrected chi connectivity index (χ0v) is 12.5. The average Bonchev–Trinajstić information content (AvgIpc) is 2.46. The Morgan fingerprint density at radius 3 is 2.78 bits per heavy atom. The Morgan fingerprint density at radius 1 is 1.33 bits per heavy atom. The minimum absolute atomic E-state index is 0.0173. The molecule has 5 heteroatoms. The topological polar surface area (TPSA) is 39.7 Å². The Labute approximate surface area is 116 Å². The molecule has 0 atom stereocenters. The lowest BCUT2D eigenvalue weighted by Crippen LogP contribution is -2.26. The van der Waals surface area contributed by atoms with Crippen molar-refractivity contribution in [2.45, 2.75) is 20.4 Å². The van der Waals surface area contributed by atoms with Gasteiger partial charge in [-0.3, -0.25) is 0 Å². The molecule has 2 rings (SSSR count). The predicted octanol–water partition coefficient (Wildman–Crippen LogP) is 2.90. The van der Waals surface area contributed by atoms with Gasteiger partial charge in [0, 0.05) is 12.0 Å². The van der Waals surface area contributed by atoms with E-state index in [4.69, 9.17) is 14.3 Å². The standard InChI is InChI=1S/C13H18BrNO3/c1-13(2)7-17-11-5-9(6-15-16-3)4-10(14)12(11)18-8-13/h4-5,15H,6-8H2,1-3H3. The van der Waals surface area contributed by atoms with E-state index < -0.39 is 0 Å². The van der Waals surface area contributed by atoms with Gasteiger partial charge in [0.2, 0.25) is 0 Å². The van der Waals surface area contributed by atoms with Crippen LogP contribution in [-0.4, -0.2) is 20.3 Å². The maximum Gasteiger partial charge on any atom is 0.175 e. The van der Waals surface area contributed by atoms with E-state index in [2.05, 4.69) is 35.3 Å². The summed E-state index contributed by atoms with van der Waals surface area (Å²) in [6.07, 6.45) is 0. The summed E-state index contributed by atoms with van der Waals surface area (Å²) in [5, 5.41) is 0. The van der Waals surface area contributed by atoms with Crippen LogP contribution in [0.2, 0.25) is 0 Å². The van der Waals surface area contributed by atoms with Gasteiger partial charge in [0.1, 0.15) is 0 Å². The molecule has 0 aromatic heterocycles. The molecule has 0 unspecified atom stereocenters. The molecule has 1 N–H and O–H groups in total. The van der Waals surface area contributed by atoms with Crippen molar-refractivity contribution in [2.24, 2.45) is 5.41 Å². The molecule has 1 aliphatic heterocycles. The maximum absolute atomic E-state index is 5.84. The van der Waals surface area contributed by atoms with Crippen molar-refractivity contribution in [1.29, 1.82) is 0 Å². The number of nitrogens with one attached hydrogen (secondary N) is 1. The molecule has 0 bridgehead atoms. The molecule has 0 aliphatic carbocycles. The zero-order chi connectivity index (χ0) is 13.2. The van der Waals surface area contributed by atoms with Gasteiger partial charge in [-0.15, -0.1) is 0 Å². The van der Waals surface area contributed by atoms with Gasteiger partial charge in [-0.2, -0.15) is 5.48 Å². The fourth-order valence-corrected chi connectivity index (χ4v) is 2.31. The summed E-state index contributed by atoms with van der Waals surface area (Å²) in [6.45, 7) is 6.16. The lowest BCUT2D eigenvalue weighted by molar-refractivity contribution is 0.0866. The van der Waals surface area contributed by atoms with Crippen LogP contribution in [0.3, 0.4) is 0 Å². The van der Waals surface area contributed by atoms with Gasteiger partial charge >= 0.3 is 0 Å². The summed E-state index contributed by atoms with van der Waals surface area (Å²) in [4.78, 5) is 4.85. The number of benzene rings is 1. The largest absolute Gasteiger partial charge is 0.489 e. The van der Waals surface area contributed by atoms with E-state index in [0.717, 1.165) is 21.5 Å². The van der Waals surface area contributed by atoms with Crippen LogP contribution >= 0.6 is 15.9 Å². The van der Waals surface area contributed by atoms with Crippen molar-refractivity contribution in [3.63, 3.8) is 0 Å². The Kier molecular flexibility index (Phi) is 4.14. The highest BCUT2D eigenvalue weighted by atomic mass is 79.9. The number of rotatable bonds is 3. The van der Waals surface area contributed by atoms with Crippen molar-refractivity contribution >= 4 is 15.9 Å². The zero-order valence-electron chi connectivity index (χ0n) is 10.9. The first-order chi connectivity index (χ1) is 8.52. The van der Waals surface area contributed by atoms with Crippen LogP contribution < -0.4 is 15.0 Å². The third-order valence-electron chi connectivity index (χ3n) is 2.72. The SMILES string of the molecule is CONCc1cc(Br)c2c(c1)OCC(C)(C)CO2. The van der Waals surface area contributed by atoms with Crippen LogP contribution in [0.25, 0.3) is 0 Å². The Hall–Kier alpha value is -0.780. The van der Waals surface area contributed by atoms with E-state index in [9.17, 15) is 0 Å². The molecule has 100 valence electrons. The van der Waals surface area contributed by atoms with Crippen LogP contribution in [0.5, 0.6) is 11.5 Å². The molecule has 0 fully saturated rings. The summed E-state index contributed by atoms with van der Waals surface area (Å²) in [5.41, 5.74) is 3.91. The summed E-state index contributed by atoms with van der Waals surface area (Å²) in [5.74, 6) is 1.56. The fraction of sp³-hybridized carbons (Fsp3) is 0.538. The normalized spacial score (nSPS) is 17.3. The summed E-state index contributed by atoms with van der Waals surface area (Å²) in [6, 6.07) is 3.99. The summed E-state index contributed by atoms with van der Waals surface area (Å²) < 4.78 is 12.6. The molecule has 0 amide bonds. The van der Waals surface area contributed by atoms with E-state index in [1.54, 1.807) is 7.11 Å². The van der Waals surface area contributed by atoms with Crippen LogP contribution in [0.15, 0.2) is 16.6 Å². The molecule has 1 aromatic carbocycles. The van der Waals surface area contributed by atoms with Gasteiger partial charge in [-0.25, -0.2) is 0 Å². The second-order valence-corrected chi connectivity index (χ2v) is 6.03. The minimum atomic E-state index is 0.0173. The molecule has 18 heavy (non-hydrogen) atoms. The smallest absolute Gasteiger partial charge is 0.175 e. The first-order valence-corrected chi connectivity index (χ1v) is 6.65. The monoisotopic (exact) mass is 315 g/mol. The van der Waals surface area contributed by atoms with Gasteiger partial charge in [-0.1, -0.05) is 13.8 Å². The van der Waals surface area contributed by atoms with Crippen LogP contribution in [0, 0.1) is 5.41 Å². The number of hydroxylamine groups is 1. The van der Waals surface area contributed by atoms with Gasteiger partial charge in [0.05, 0.1) is 24.8 Å². The molecule has 0 spiro atoms. The van der Waals surface area contributed by atoms with E-state index in [1.165, 1.54) is 0 Å². The highest BCUT2D eigenvalue weighted by Gasteiger charge is 2.26. The molecule has 1 aromatic rings. The third kappa shape index (κ3) is 3.16. The van der Waals surface area contributed by atoms with E-state index in [1.807, 2.05) is 12.1 Å². The number of hydrogen-bond acceptors (Lipinski definition) is 4. The predicted molar refractivity (Wildman–Crippen MR) is 72.8 cm³/mol. The molecular weight excluding hydrogens is 298 g/mol. The van der Waals surface area contributed by atoms with Crippen molar-refractivity contribution in [3.05, 3.63) is 22.2 Å². The van der Waals surface area contributed by atoms with Crippen LogP contribution in [-0.2, 0) is 11.4 Å². The number of ether oxygens (including phenoxy) is 2. The molecule has 0 radical (unpaired) electrons. The minimum Gasteiger partial charge on any atom is -0.489 e. The molecular formula is C13H18BrNO3. The third-order valence-corrected chi connectivity index (χ3v) is 3.30. The number of fused-ring (bicyclic) bond motifs is 1. The second kappa shape index (κ2) is 5.47. The van der Waals surface area contributed by atoms with Gasteiger partial charge in [-0.05, 0) is 33.6 Å². The van der Waals surface area contributed by atoms with E-state index in [0.29, 0.717) is 19.8 Å². The van der Waals surface area contributed by atoms with Crippen molar-refractivity contribution in [2.75, 3.05) is 20.3 Å². The first kappa shape index (κ1) is 13.6. The molecule has 1 aliphatic rings. The Balaban J connectivity index is 2.25. The van der Waals surface area contributed by atoms with Crippen LogP contribution in [0.1, 0.15) is 19.4 Å². The maximum atomic E-state index is 5.84. The number of hydrogen-bond donors (Lipinski definition) is 1. The first-order valence-electron chi connectivity index (χ1n) is 5.86. The Bertz CT molecular complexity index is 434. The van der Waals surface area contributed by atoms with Gasteiger partial charge in [0.15, 0.2) is 11.5 Å². The molecule has 1 heterocycles. The average molecular weight is 316 g/mol. The highest BCUT2D eigenvalue weighted by molar-refractivity contribution is 9.10. The quantitative estimate of drug-likeness (QED) is 0.871. The second-order valence-electron chi connectivity index (χ2n) is 5.17. The van der Waals surface area contributed by atoms with Gasteiger partial charge < -0.3 is 14.3 Å². The lowest BCUT2D eigenvalue weighted by atomic mass is 9.97. The van der Waals surface area contributed by atoms with E-state index >= 15 is 0 Å². The Morgan fingerprint density at radius 2 is 2.06 bits per heavy atom. The number of halogens is 1. The van der Waals surface area contributed by atoms with E-state index in [-0.39, 0.29) is 5.41 Å². The summed E-state index contributed by atoms with van der Waals surface area (Å²) in [7, 11) is 1.60. The molecule has 0 saturated carbocycles. The fourth-order valence-electron chi connectivity index (χ4n) is 1.71.